The number of hydrogen-bond donors (Lipinski definition) is 3. The molecule has 1 fully saturated rings. The maximum atomic E-state index is 14.4. The molecular weight excluding hydrogens is 285 g/mol. The summed E-state index contributed by atoms with van der Waals surface area (Å²) in [5.74, 6) is -0.514. The highest BCUT2D eigenvalue weighted by molar-refractivity contribution is 6.06. The molecule has 0 radical (unpaired) electrons. The van der Waals surface area contributed by atoms with Crippen molar-refractivity contribution in [3.8, 4) is 0 Å². The number of nitrogens with one attached hydrogen (secondary N) is 2. The van der Waals surface area contributed by atoms with Gasteiger partial charge >= 0.3 is 0 Å². The van der Waals surface area contributed by atoms with Crippen LogP contribution in [0.25, 0.3) is 11.0 Å². The third-order valence-corrected chi connectivity index (χ3v) is 4.00. The monoisotopic (exact) mass is 305 g/mol. The molecular formula is C15H20FN5O. The third-order valence-electron chi connectivity index (χ3n) is 4.00. The SMILES string of the molecule is CCC(=O)Nc1c[nH]c2ncc(F)c(N3CCC[C@@H](N)C3)c12. The zero-order valence-electron chi connectivity index (χ0n) is 12.5. The van der Waals surface area contributed by atoms with E-state index >= 15 is 0 Å². The van der Waals surface area contributed by atoms with Crippen molar-refractivity contribution < 1.29 is 9.18 Å². The summed E-state index contributed by atoms with van der Waals surface area (Å²) in [6.45, 7) is 3.12. The van der Waals surface area contributed by atoms with Crippen molar-refractivity contribution in [2.75, 3.05) is 23.3 Å². The predicted octanol–water partition coefficient (Wildman–Crippen LogP) is 1.98. The fourth-order valence-electron chi connectivity index (χ4n) is 2.92. The minimum atomic E-state index is -0.395. The maximum Gasteiger partial charge on any atom is 0.224 e. The Kier molecular flexibility index (Phi) is 3.98. The van der Waals surface area contributed by atoms with E-state index in [1.54, 1.807) is 13.1 Å². The Labute approximate surface area is 127 Å². The van der Waals surface area contributed by atoms with Gasteiger partial charge in [-0.3, -0.25) is 4.79 Å². The first kappa shape index (κ1) is 14.8. The van der Waals surface area contributed by atoms with Crippen LogP contribution in [0.4, 0.5) is 15.8 Å². The van der Waals surface area contributed by atoms with Gasteiger partial charge in [-0.15, -0.1) is 0 Å². The number of halogens is 1. The van der Waals surface area contributed by atoms with Crippen LogP contribution in [0.3, 0.4) is 0 Å². The van der Waals surface area contributed by atoms with E-state index in [4.69, 9.17) is 5.73 Å². The number of H-pyrrole nitrogens is 1. The van der Waals surface area contributed by atoms with E-state index in [0.717, 1.165) is 19.4 Å². The first-order valence-electron chi connectivity index (χ1n) is 7.56. The largest absolute Gasteiger partial charge is 0.367 e. The second kappa shape index (κ2) is 5.92. The van der Waals surface area contributed by atoms with Crippen molar-refractivity contribution in [2.45, 2.75) is 32.2 Å². The van der Waals surface area contributed by atoms with Gasteiger partial charge < -0.3 is 20.9 Å². The molecule has 4 N–H and O–H groups in total. The van der Waals surface area contributed by atoms with Crippen molar-refractivity contribution in [1.29, 1.82) is 0 Å². The van der Waals surface area contributed by atoms with E-state index in [1.807, 2.05) is 4.90 Å². The highest BCUT2D eigenvalue weighted by Crippen LogP contribution is 2.35. The fourth-order valence-corrected chi connectivity index (χ4v) is 2.92. The van der Waals surface area contributed by atoms with Gasteiger partial charge in [-0.25, -0.2) is 9.37 Å². The normalized spacial score (nSPS) is 18.7. The minimum absolute atomic E-state index is 0.0315. The fraction of sp³-hybridized carbons (Fsp3) is 0.467. The second-order valence-electron chi connectivity index (χ2n) is 5.63. The number of carbonyl (C=O) groups is 1. The molecule has 0 bridgehead atoms. The Morgan fingerprint density at radius 1 is 1.64 bits per heavy atom. The number of rotatable bonds is 3. The molecule has 118 valence electrons. The third kappa shape index (κ3) is 2.64. The number of nitrogens with two attached hydrogens (primary N) is 1. The van der Waals surface area contributed by atoms with E-state index in [0.29, 0.717) is 35.4 Å². The van der Waals surface area contributed by atoms with Crippen LogP contribution in [0.5, 0.6) is 0 Å². The average molecular weight is 305 g/mol. The molecule has 2 aromatic heterocycles. The molecule has 1 aliphatic rings. The summed E-state index contributed by atoms with van der Waals surface area (Å²) in [6, 6.07) is 0.0315. The van der Waals surface area contributed by atoms with Crippen molar-refractivity contribution in [2.24, 2.45) is 5.73 Å². The molecule has 0 unspecified atom stereocenters. The molecule has 2 aromatic rings. The predicted molar refractivity (Wildman–Crippen MR) is 84.4 cm³/mol. The highest BCUT2D eigenvalue weighted by Gasteiger charge is 2.24. The lowest BCUT2D eigenvalue weighted by molar-refractivity contribution is -0.115. The van der Waals surface area contributed by atoms with E-state index < -0.39 is 5.82 Å². The Bertz CT molecular complexity index is 699. The van der Waals surface area contributed by atoms with E-state index in [9.17, 15) is 9.18 Å². The van der Waals surface area contributed by atoms with Gasteiger partial charge in [0.15, 0.2) is 5.82 Å². The second-order valence-corrected chi connectivity index (χ2v) is 5.63. The molecule has 0 saturated carbocycles. The standard InChI is InChI=1S/C15H20FN5O/c1-2-12(22)20-11-7-19-15-13(11)14(10(16)6-18-15)21-5-3-4-9(17)8-21/h6-7,9H,2-5,8,17H2,1H3,(H,18,19)(H,20,22)/t9-/m1/s1. The summed E-state index contributed by atoms with van der Waals surface area (Å²) in [7, 11) is 0. The van der Waals surface area contributed by atoms with Crippen molar-refractivity contribution >= 4 is 28.3 Å². The van der Waals surface area contributed by atoms with Crippen LogP contribution in [-0.4, -0.2) is 35.0 Å². The van der Waals surface area contributed by atoms with Gasteiger partial charge in [0, 0.05) is 31.7 Å². The number of amides is 1. The molecule has 0 aliphatic carbocycles. The van der Waals surface area contributed by atoms with Crippen molar-refractivity contribution in [3.63, 3.8) is 0 Å². The Morgan fingerprint density at radius 3 is 3.18 bits per heavy atom. The molecule has 1 atom stereocenters. The van der Waals surface area contributed by atoms with Gasteiger partial charge in [-0.1, -0.05) is 6.92 Å². The molecule has 7 heteroatoms. The molecule has 1 saturated heterocycles. The van der Waals surface area contributed by atoms with Gasteiger partial charge in [-0.05, 0) is 12.8 Å². The summed E-state index contributed by atoms with van der Waals surface area (Å²) in [5, 5.41) is 3.41. The van der Waals surface area contributed by atoms with Crippen LogP contribution in [-0.2, 0) is 4.79 Å². The van der Waals surface area contributed by atoms with Gasteiger partial charge in [0.2, 0.25) is 5.91 Å². The molecule has 0 spiro atoms. The molecule has 22 heavy (non-hydrogen) atoms. The van der Waals surface area contributed by atoms with Gasteiger partial charge in [-0.2, -0.15) is 0 Å². The van der Waals surface area contributed by atoms with E-state index in [1.165, 1.54) is 6.20 Å². The summed E-state index contributed by atoms with van der Waals surface area (Å²) in [4.78, 5) is 20.7. The smallest absolute Gasteiger partial charge is 0.224 e. The summed E-state index contributed by atoms with van der Waals surface area (Å²) in [6.07, 6.45) is 5.08. The zero-order valence-corrected chi connectivity index (χ0v) is 12.5. The van der Waals surface area contributed by atoms with E-state index in [2.05, 4.69) is 15.3 Å². The molecule has 1 aliphatic heterocycles. The van der Waals surface area contributed by atoms with Crippen LogP contribution in [0.2, 0.25) is 0 Å². The van der Waals surface area contributed by atoms with Crippen molar-refractivity contribution in [3.05, 3.63) is 18.2 Å². The van der Waals surface area contributed by atoms with Crippen LogP contribution < -0.4 is 16.0 Å². The molecule has 6 nitrogen and oxygen atoms in total. The number of nitrogens with zero attached hydrogens (tertiary/aromatic N) is 2. The van der Waals surface area contributed by atoms with Crippen LogP contribution in [0, 0.1) is 5.82 Å². The zero-order chi connectivity index (χ0) is 15.7. The Balaban J connectivity index is 2.08. The number of fused-ring (bicyclic) bond motifs is 1. The number of piperidine rings is 1. The molecule has 1 amide bonds. The number of hydrogen-bond acceptors (Lipinski definition) is 4. The van der Waals surface area contributed by atoms with Gasteiger partial charge in [0.05, 0.1) is 23.0 Å². The van der Waals surface area contributed by atoms with Crippen LogP contribution >= 0.6 is 0 Å². The molecule has 3 heterocycles. The van der Waals surface area contributed by atoms with Crippen LogP contribution in [0.1, 0.15) is 26.2 Å². The highest BCUT2D eigenvalue weighted by atomic mass is 19.1. The topological polar surface area (TPSA) is 87.0 Å². The van der Waals surface area contributed by atoms with Crippen molar-refractivity contribution in [1.82, 2.24) is 9.97 Å². The number of anilines is 2. The number of aromatic amines is 1. The van der Waals surface area contributed by atoms with Gasteiger partial charge in [0.25, 0.3) is 0 Å². The summed E-state index contributed by atoms with van der Waals surface area (Å²) in [5.41, 5.74) is 7.60. The lowest BCUT2D eigenvalue weighted by Gasteiger charge is -2.33. The Morgan fingerprint density at radius 2 is 2.45 bits per heavy atom. The summed E-state index contributed by atoms with van der Waals surface area (Å²) >= 11 is 0. The maximum absolute atomic E-state index is 14.4. The van der Waals surface area contributed by atoms with Crippen LogP contribution in [0.15, 0.2) is 12.4 Å². The molecule has 3 rings (SSSR count). The number of pyridine rings is 1. The van der Waals surface area contributed by atoms with Gasteiger partial charge in [0.1, 0.15) is 5.65 Å². The number of aromatic nitrogens is 2. The first-order chi connectivity index (χ1) is 10.6. The average Bonchev–Trinajstić information content (AvgIpc) is 2.90. The minimum Gasteiger partial charge on any atom is -0.367 e. The molecule has 0 aromatic carbocycles. The van der Waals surface area contributed by atoms with E-state index in [-0.39, 0.29) is 11.9 Å². The first-order valence-corrected chi connectivity index (χ1v) is 7.56. The lowest BCUT2D eigenvalue weighted by atomic mass is 10.1. The number of carbonyl (C=O) groups excluding carboxylic acids is 1. The summed E-state index contributed by atoms with van der Waals surface area (Å²) < 4.78 is 14.4. The quantitative estimate of drug-likeness (QED) is 0.809. The lowest BCUT2D eigenvalue weighted by Crippen LogP contribution is -2.43. The Hall–Kier alpha value is -2.15.